The lowest BCUT2D eigenvalue weighted by atomic mass is 10.2. The Morgan fingerprint density at radius 1 is 1.17 bits per heavy atom. The molecule has 0 aliphatic heterocycles. The minimum atomic E-state index is -5.08. The first-order chi connectivity index (χ1) is 16.1. The molecule has 0 fully saturated rings. The fourth-order valence-electron chi connectivity index (χ4n) is 2.33. The smallest absolute Gasteiger partial charge is 0.475 e. The largest absolute Gasteiger partial charge is 0.490 e. The van der Waals surface area contributed by atoms with E-state index < -0.39 is 28.0 Å². The van der Waals surface area contributed by atoms with Crippen molar-refractivity contribution in [3.63, 3.8) is 0 Å². The monoisotopic (exact) mass is 554 g/mol. The first-order valence-electron chi connectivity index (χ1n) is 9.09. The molecular formula is C19H15ClF4N4O5S2. The van der Waals surface area contributed by atoms with Crippen molar-refractivity contribution in [3.05, 3.63) is 53.2 Å². The second-order valence-electron chi connectivity index (χ2n) is 6.54. The fraction of sp³-hybridized carbons (Fsp3) is 0.158. The predicted molar refractivity (Wildman–Crippen MR) is 120 cm³/mol. The Morgan fingerprint density at radius 3 is 2.26 bits per heavy atom. The number of carboxylic acids is 1. The Bertz CT molecular complexity index is 1350. The van der Waals surface area contributed by atoms with E-state index in [1.807, 2.05) is 0 Å². The van der Waals surface area contributed by atoms with Crippen LogP contribution < -0.4 is 10.0 Å². The van der Waals surface area contributed by atoms with Crippen molar-refractivity contribution in [1.82, 2.24) is 9.97 Å². The molecule has 0 aliphatic carbocycles. The Kier molecular flexibility index (Phi) is 8.75. The summed E-state index contributed by atoms with van der Waals surface area (Å²) in [7, 11) is -3.98. The number of nitrogens with zero attached hydrogens (tertiary/aromatic N) is 2. The minimum absolute atomic E-state index is 0.0429. The van der Waals surface area contributed by atoms with Crippen LogP contribution in [0.3, 0.4) is 0 Å². The van der Waals surface area contributed by atoms with Gasteiger partial charge in [0.2, 0.25) is 5.91 Å². The van der Waals surface area contributed by atoms with Crippen LogP contribution in [0.25, 0.3) is 10.4 Å². The van der Waals surface area contributed by atoms with E-state index in [4.69, 9.17) is 21.5 Å². The van der Waals surface area contributed by atoms with Crippen molar-refractivity contribution < 1.29 is 40.7 Å². The molecule has 1 amide bonds. The van der Waals surface area contributed by atoms with Crippen molar-refractivity contribution in [2.45, 2.75) is 24.9 Å². The van der Waals surface area contributed by atoms with E-state index in [9.17, 15) is 30.8 Å². The first kappa shape index (κ1) is 27.9. The van der Waals surface area contributed by atoms with Crippen LogP contribution in [0, 0.1) is 12.7 Å². The van der Waals surface area contributed by atoms with Gasteiger partial charge in [0.25, 0.3) is 10.0 Å². The second-order valence-corrected chi connectivity index (χ2v) is 9.58. The van der Waals surface area contributed by atoms with Gasteiger partial charge in [0.15, 0.2) is 10.3 Å². The molecular weight excluding hydrogens is 540 g/mol. The molecule has 0 radical (unpaired) electrons. The third-order valence-corrected chi connectivity index (χ3v) is 6.60. The van der Waals surface area contributed by atoms with Crippen molar-refractivity contribution in [2.24, 2.45) is 0 Å². The molecule has 16 heteroatoms. The molecule has 0 saturated carbocycles. The number of alkyl halides is 3. The van der Waals surface area contributed by atoms with Gasteiger partial charge in [-0.15, -0.1) is 0 Å². The van der Waals surface area contributed by atoms with Gasteiger partial charge >= 0.3 is 12.1 Å². The lowest BCUT2D eigenvalue weighted by molar-refractivity contribution is -0.192. The molecule has 2 heterocycles. The van der Waals surface area contributed by atoms with E-state index in [1.165, 1.54) is 30.5 Å². The first-order valence-corrected chi connectivity index (χ1v) is 11.8. The number of pyridine rings is 1. The van der Waals surface area contributed by atoms with Gasteiger partial charge < -0.3 is 10.4 Å². The van der Waals surface area contributed by atoms with Crippen LogP contribution >= 0.6 is 22.9 Å². The molecule has 3 N–H and O–H groups in total. The normalized spacial score (nSPS) is 11.3. The van der Waals surface area contributed by atoms with Crippen LogP contribution in [0.1, 0.15) is 12.6 Å². The van der Waals surface area contributed by atoms with Crippen LogP contribution in [-0.4, -0.2) is 41.5 Å². The number of anilines is 2. The zero-order valence-electron chi connectivity index (χ0n) is 17.6. The predicted octanol–water partition coefficient (Wildman–Crippen LogP) is 4.70. The summed E-state index contributed by atoms with van der Waals surface area (Å²) in [5.74, 6) is -3.55. The third-order valence-electron chi connectivity index (χ3n) is 3.79. The average Bonchev–Trinajstić information content (AvgIpc) is 3.09. The molecule has 188 valence electrons. The standard InChI is InChI=1S/C17H14ClFN4O3S2.C2HF3O2/c1-9-15(27-17(21-9)22-10(2)24)11-7-14(16(18)20-8-11)23-28(25,26)13-5-3-12(19)4-6-13;3-2(4,5)1(6)7/h3-8,23H,1-2H3,(H,21,22,24);(H,6,7). The van der Waals surface area contributed by atoms with Gasteiger partial charge in [-0.3, -0.25) is 9.52 Å². The van der Waals surface area contributed by atoms with E-state index in [-0.39, 0.29) is 21.6 Å². The summed E-state index contributed by atoms with van der Waals surface area (Å²) in [5.41, 5.74) is 1.29. The van der Waals surface area contributed by atoms with E-state index in [0.29, 0.717) is 21.3 Å². The number of hydrogen-bond acceptors (Lipinski definition) is 7. The van der Waals surface area contributed by atoms with E-state index in [0.717, 1.165) is 24.3 Å². The maximum absolute atomic E-state index is 13.0. The van der Waals surface area contributed by atoms with Crippen molar-refractivity contribution in [3.8, 4) is 10.4 Å². The van der Waals surface area contributed by atoms with Crippen molar-refractivity contribution in [2.75, 3.05) is 10.0 Å². The Morgan fingerprint density at radius 2 is 1.74 bits per heavy atom. The summed E-state index contributed by atoms with van der Waals surface area (Å²) < 4.78 is 72.2. The molecule has 0 bridgehead atoms. The number of hydrogen-bond donors (Lipinski definition) is 3. The van der Waals surface area contributed by atoms with E-state index in [1.54, 1.807) is 6.92 Å². The average molecular weight is 555 g/mol. The van der Waals surface area contributed by atoms with Gasteiger partial charge in [0.05, 0.1) is 21.2 Å². The molecule has 3 rings (SSSR count). The minimum Gasteiger partial charge on any atom is -0.475 e. The van der Waals surface area contributed by atoms with Crippen LogP contribution in [0.2, 0.25) is 5.15 Å². The number of aliphatic carboxylic acids is 1. The van der Waals surface area contributed by atoms with Gasteiger partial charge in [0, 0.05) is 18.7 Å². The molecule has 0 atom stereocenters. The number of thiazole rings is 1. The zero-order chi connectivity index (χ0) is 26.6. The highest BCUT2D eigenvalue weighted by Gasteiger charge is 2.38. The quantitative estimate of drug-likeness (QED) is 0.307. The zero-order valence-corrected chi connectivity index (χ0v) is 20.0. The summed E-state index contributed by atoms with van der Waals surface area (Å²) in [6.45, 7) is 3.14. The Hall–Kier alpha value is -3.30. The number of nitrogens with one attached hydrogen (secondary N) is 2. The number of rotatable bonds is 5. The number of benzene rings is 1. The summed E-state index contributed by atoms with van der Waals surface area (Å²) in [5, 5.41) is 10.1. The molecule has 0 saturated heterocycles. The van der Waals surface area contributed by atoms with Gasteiger partial charge in [-0.2, -0.15) is 13.2 Å². The number of carbonyl (C=O) groups excluding carboxylic acids is 1. The van der Waals surface area contributed by atoms with Crippen LogP contribution in [0.5, 0.6) is 0 Å². The molecule has 2 aromatic heterocycles. The summed E-state index contributed by atoms with van der Waals surface area (Å²) in [6, 6.07) is 5.92. The Labute approximate surface area is 204 Å². The SMILES string of the molecule is CC(=O)Nc1nc(C)c(-c2cnc(Cl)c(NS(=O)(=O)c3ccc(F)cc3)c2)s1.O=C(O)C(F)(F)F. The molecule has 35 heavy (non-hydrogen) atoms. The van der Waals surface area contributed by atoms with Crippen molar-refractivity contribution in [1.29, 1.82) is 0 Å². The van der Waals surface area contributed by atoms with Crippen LogP contribution in [0.15, 0.2) is 41.4 Å². The highest BCUT2D eigenvalue weighted by atomic mass is 35.5. The van der Waals surface area contributed by atoms with Gasteiger partial charge in [-0.25, -0.2) is 27.6 Å². The summed E-state index contributed by atoms with van der Waals surface area (Å²) in [6.07, 6.45) is -3.60. The molecule has 0 unspecified atom stereocenters. The molecule has 0 spiro atoms. The highest BCUT2D eigenvalue weighted by molar-refractivity contribution is 7.92. The van der Waals surface area contributed by atoms with Crippen molar-refractivity contribution >= 4 is 55.7 Å². The highest BCUT2D eigenvalue weighted by Crippen LogP contribution is 2.35. The molecule has 0 aliphatic rings. The van der Waals surface area contributed by atoms with Gasteiger partial charge in [-0.1, -0.05) is 22.9 Å². The number of carboxylic acid groups (broad SMARTS) is 1. The van der Waals surface area contributed by atoms with E-state index in [2.05, 4.69) is 20.0 Å². The second kappa shape index (κ2) is 11.0. The molecule has 3 aromatic rings. The number of amides is 1. The van der Waals surface area contributed by atoms with Gasteiger partial charge in [0.1, 0.15) is 5.82 Å². The number of halogens is 5. The Balaban J connectivity index is 0.000000540. The summed E-state index contributed by atoms with van der Waals surface area (Å²) >= 11 is 7.28. The molecule has 1 aromatic carbocycles. The number of aryl methyl sites for hydroxylation is 1. The number of sulfonamides is 1. The lowest BCUT2D eigenvalue weighted by Crippen LogP contribution is -2.21. The molecule has 9 nitrogen and oxygen atoms in total. The third kappa shape index (κ3) is 7.87. The van der Waals surface area contributed by atoms with Crippen LogP contribution in [-0.2, 0) is 19.6 Å². The maximum Gasteiger partial charge on any atom is 0.490 e. The fourth-order valence-corrected chi connectivity index (χ4v) is 4.59. The maximum atomic E-state index is 13.0. The van der Waals surface area contributed by atoms with Gasteiger partial charge in [-0.05, 0) is 37.3 Å². The number of aromatic nitrogens is 2. The lowest BCUT2D eigenvalue weighted by Gasteiger charge is -2.10. The number of carbonyl (C=O) groups is 2. The topological polar surface area (TPSA) is 138 Å². The van der Waals surface area contributed by atoms with E-state index >= 15 is 0 Å². The summed E-state index contributed by atoms with van der Waals surface area (Å²) in [4.78, 5) is 29.0. The van der Waals surface area contributed by atoms with Crippen LogP contribution in [0.4, 0.5) is 28.4 Å².